The van der Waals surface area contributed by atoms with E-state index in [1.807, 2.05) is 0 Å². The third-order valence-electron chi connectivity index (χ3n) is 2.62. The summed E-state index contributed by atoms with van der Waals surface area (Å²) in [5.41, 5.74) is 5.72. The van der Waals surface area contributed by atoms with Crippen LogP contribution in [0, 0.1) is 5.92 Å². The van der Waals surface area contributed by atoms with Gasteiger partial charge in [0, 0.05) is 18.8 Å². The Bertz CT molecular complexity index is 579. The fourth-order valence-electron chi connectivity index (χ4n) is 1.49. The second kappa shape index (κ2) is 7.11. The fraction of sp³-hybridized carbons (Fsp3) is 0.455. The average molecular weight is 366 g/mol. The SMILES string of the molecule is CC(CC(N)CNS(=O)(=O)c1ccnc(Br)c1)C(=O)O. The van der Waals surface area contributed by atoms with Gasteiger partial charge in [-0.15, -0.1) is 0 Å². The summed E-state index contributed by atoms with van der Waals surface area (Å²) >= 11 is 3.09. The first-order chi connectivity index (χ1) is 9.22. The van der Waals surface area contributed by atoms with Crippen molar-refractivity contribution in [1.82, 2.24) is 9.71 Å². The van der Waals surface area contributed by atoms with E-state index in [-0.39, 0.29) is 17.9 Å². The van der Waals surface area contributed by atoms with E-state index >= 15 is 0 Å². The van der Waals surface area contributed by atoms with Crippen LogP contribution in [-0.4, -0.2) is 37.1 Å². The second-order valence-electron chi connectivity index (χ2n) is 4.40. The largest absolute Gasteiger partial charge is 0.481 e. The van der Waals surface area contributed by atoms with Crippen molar-refractivity contribution in [1.29, 1.82) is 0 Å². The van der Waals surface area contributed by atoms with E-state index in [0.717, 1.165) is 0 Å². The van der Waals surface area contributed by atoms with Crippen LogP contribution in [-0.2, 0) is 14.8 Å². The summed E-state index contributed by atoms with van der Waals surface area (Å²) in [6.07, 6.45) is 1.56. The Morgan fingerprint density at radius 1 is 1.60 bits per heavy atom. The van der Waals surface area contributed by atoms with Crippen molar-refractivity contribution >= 4 is 31.9 Å². The van der Waals surface area contributed by atoms with Gasteiger partial charge in [-0.3, -0.25) is 4.79 Å². The summed E-state index contributed by atoms with van der Waals surface area (Å²) in [6.45, 7) is 1.50. The highest BCUT2D eigenvalue weighted by molar-refractivity contribution is 9.10. The van der Waals surface area contributed by atoms with Crippen LogP contribution < -0.4 is 10.5 Å². The highest BCUT2D eigenvalue weighted by atomic mass is 79.9. The summed E-state index contributed by atoms with van der Waals surface area (Å²) in [7, 11) is -3.68. The highest BCUT2D eigenvalue weighted by Crippen LogP contribution is 2.13. The maximum absolute atomic E-state index is 12.0. The Hall–Kier alpha value is -1.03. The molecule has 1 aromatic rings. The van der Waals surface area contributed by atoms with Crippen LogP contribution in [0.15, 0.2) is 27.8 Å². The lowest BCUT2D eigenvalue weighted by molar-refractivity contribution is -0.141. The first-order valence-electron chi connectivity index (χ1n) is 5.82. The third kappa shape index (κ3) is 5.16. The zero-order valence-electron chi connectivity index (χ0n) is 10.8. The zero-order chi connectivity index (χ0) is 15.3. The number of carboxylic acids is 1. The third-order valence-corrected chi connectivity index (χ3v) is 4.48. The van der Waals surface area contributed by atoms with Crippen molar-refractivity contribution in [3.63, 3.8) is 0 Å². The van der Waals surface area contributed by atoms with Gasteiger partial charge >= 0.3 is 5.97 Å². The van der Waals surface area contributed by atoms with Gasteiger partial charge in [0.15, 0.2) is 0 Å². The first kappa shape index (κ1) is 17.0. The number of nitrogens with one attached hydrogen (secondary N) is 1. The Labute approximate surface area is 125 Å². The number of nitrogens with zero attached hydrogens (tertiary/aromatic N) is 1. The van der Waals surface area contributed by atoms with Gasteiger partial charge in [0.1, 0.15) is 4.60 Å². The summed E-state index contributed by atoms with van der Waals surface area (Å²) in [5, 5.41) is 8.76. The lowest BCUT2D eigenvalue weighted by atomic mass is 10.0. The molecular formula is C11H16BrN3O4S. The molecular weight excluding hydrogens is 350 g/mol. The number of pyridine rings is 1. The summed E-state index contributed by atoms with van der Waals surface area (Å²) < 4.78 is 26.7. The molecule has 20 heavy (non-hydrogen) atoms. The molecule has 112 valence electrons. The van der Waals surface area contributed by atoms with Crippen LogP contribution in [0.25, 0.3) is 0 Å². The van der Waals surface area contributed by atoms with Crippen molar-refractivity contribution in [3.8, 4) is 0 Å². The van der Waals surface area contributed by atoms with E-state index in [4.69, 9.17) is 10.8 Å². The van der Waals surface area contributed by atoms with E-state index < -0.39 is 28.0 Å². The maximum Gasteiger partial charge on any atom is 0.306 e. The van der Waals surface area contributed by atoms with E-state index in [1.54, 1.807) is 0 Å². The lowest BCUT2D eigenvalue weighted by Crippen LogP contribution is -2.39. The Morgan fingerprint density at radius 3 is 2.80 bits per heavy atom. The molecule has 1 rings (SSSR count). The van der Waals surface area contributed by atoms with Crippen LogP contribution in [0.3, 0.4) is 0 Å². The normalized spacial score (nSPS) is 14.8. The van der Waals surface area contributed by atoms with Crippen molar-refractivity contribution in [2.24, 2.45) is 11.7 Å². The van der Waals surface area contributed by atoms with Crippen LogP contribution in [0.4, 0.5) is 0 Å². The molecule has 4 N–H and O–H groups in total. The van der Waals surface area contributed by atoms with Crippen LogP contribution in [0.2, 0.25) is 0 Å². The number of halogens is 1. The van der Waals surface area contributed by atoms with E-state index in [2.05, 4.69) is 25.6 Å². The van der Waals surface area contributed by atoms with Gasteiger partial charge in [-0.05, 0) is 34.5 Å². The topological polar surface area (TPSA) is 122 Å². The lowest BCUT2D eigenvalue weighted by Gasteiger charge is -2.15. The number of sulfonamides is 1. The molecule has 0 amide bonds. The van der Waals surface area contributed by atoms with Crippen molar-refractivity contribution in [3.05, 3.63) is 22.9 Å². The van der Waals surface area contributed by atoms with Crippen LogP contribution in [0.1, 0.15) is 13.3 Å². The van der Waals surface area contributed by atoms with Gasteiger partial charge in [0.2, 0.25) is 10.0 Å². The summed E-state index contributed by atoms with van der Waals surface area (Å²) in [4.78, 5) is 14.6. The van der Waals surface area contributed by atoms with Crippen molar-refractivity contribution in [2.45, 2.75) is 24.3 Å². The Kier molecular flexibility index (Phi) is 6.06. The molecule has 1 heterocycles. The quantitative estimate of drug-likeness (QED) is 0.606. The molecule has 0 aliphatic rings. The smallest absolute Gasteiger partial charge is 0.306 e. The summed E-state index contributed by atoms with van der Waals surface area (Å²) in [5.74, 6) is -1.58. The molecule has 0 aliphatic carbocycles. The fourth-order valence-corrected chi connectivity index (χ4v) is 3.11. The molecule has 1 aromatic heterocycles. The molecule has 0 bridgehead atoms. The Morgan fingerprint density at radius 2 is 2.25 bits per heavy atom. The molecule has 7 nitrogen and oxygen atoms in total. The molecule has 0 fully saturated rings. The zero-order valence-corrected chi connectivity index (χ0v) is 13.2. The molecule has 0 spiro atoms. The molecule has 9 heteroatoms. The van der Waals surface area contributed by atoms with Gasteiger partial charge in [-0.1, -0.05) is 6.92 Å². The van der Waals surface area contributed by atoms with Gasteiger partial charge in [0.25, 0.3) is 0 Å². The first-order valence-corrected chi connectivity index (χ1v) is 8.09. The van der Waals surface area contributed by atoms with Gasteiger partial charge in [-0.25, -0.2) is 18.1 Å². The second-order valence-corrected chi connectivity index (χ2v) is 6.98. The van der Waals surface area contributed by atoms with Gasteiger partial charge in [0.05, 0.1) is 10.8 Å². The van der Waals surface area contributed by atoms with Crippen LogP contribution in [0.5, 0.6) is 0 Å². The predicted octanol–water partition coefficient (Wildman–Crippen LogP) is 0.561. The average Bonchev–Trinajstić information content (AvgIpc) is 2.36. The number of nitrogens with two attached hydrogens (primary N) is 1. The number of rotatable bonds is 7. The number of carbonyl (C=O) groups is 1. The molecule has 2 unspecified atom stereocenters. The van der Waals surface area contributed by atoms with Gasteiger partial charge in [-0.2, -0.15) is 0 Å². The van der Waals surface area contributed by atoms with E-state index in [0.29, 0.717) is 4.60 Å². The molecule has 0 aliphatic heterocycles. The summed E-state index contributed by atoms with van der Waals surface area (Å²) in [6, 6.07) is 2.16. The number of carboxylic acid groups (broad SMARTS) is 1. The predicted molar refractivity (Wildman–Crippen MR) is 76.5 cm³/mol. The van der Waals surface area contributed by atoms with Gasteiger partial charge < -0.3 is 10.8 Å². The van der Waals surface area contributed by atoms with Crippen molar-refractivity contribution < 1.29 is 18.3 Å². The molecule has 0 radical (unpaired) electrons. The minimum atomic E-state index is -3.68. The van der Waals surface area contributed by atoms with E-state index in [9.17, 15) is 13.2 Å². The van der Waals surface area contributed by atoms with E-state index in [1.165, 1.54) is 25.3 Å². The molecule has 0 saturated heterocycles. The molecule has 0 saturated carbocycles. The van der Waals surface area contributed by atoms with Crippen molar-refractivity contribution in [2.75, 3.05) is 6.54 Å². The Balaban J connectivity index is 2.62. The minimum absolute atomic E-state index is 0.0279. The molecule has 2 atom stereocenters. The monoisotopic (exact) mass is 365 g/mol. The number of aromatic nitrogens is 1. The highest BCUT2D eigenvalue weighted by Gasteiger charge is 2.19. The number of aliphatic carboxylic acids is 1. The van der Waals surface area contributed by atoms with Crippen LogP contribution >= 0.6 is 15.9 Å². The number of hydrogen-bond donors (Lipinski definition) is 3. The number of hydrogen-bond acceptors (Lipinski definition) is 5. The standard InChI is InChI=1S/C11H16BrN3O4S/c1-7(11(16)17)4-8(13)6-15-20(18,19)9-2-3-14-10(12)5-9/h2-3,5,7-8,15H,4,6,13H2,1H3,(H,16,17). The maximum atomic E-state index is 12.0. The minimum Gasteiger partial charge on any atom is -0.481 e. The molecule has 0 aromatic carbocycles.